The number of carbonyl (C=O) groups is 2. The van der Waals surface area contributed by atoms with E-state index in [1.165, 1.54) is 12.1 Å². The largest absolute Gasteiger partial charge is 0.490 e. The van der Waals surface area contributed by atoms with Gasteiger partial charge in [-0.3, -0.25) is 9.59 Å². The maximum Gasteiger partial charge on any atom is 0.416 e. The third kappa shape index (κ3) is 5.24. The van der Waals surface area contributed by atoms with Gasteiger partial charge in [0.25, 0.3) is 0 Å². The summed E-state index contributed by atoms with van der Waals surface area (Å²) in [5, 5.41) is 14.1. The van der Waals surface area contributed by atoms with E-state index >= 15 is 0 Å². The predicted octanol–water partition coefficient (Wildman–Crippen LogP) is 10.1. The first-order chi connectivity index (χ1) is 27.0. The highest BCUT2D eigenvalue weighted by molar-refractivity contribution is 5.78. The number of carbonyl (C=O) groups excluding carboxylic acids is 2. The lowest BCUT2D eigenvalue weighted by molar-refractivity contribution is -0.252. The normalized spacial score (nSPS) is 52.6. The van der Waals surface area contributed by atoms with Crippen LogP contribution in [0.4, 0.5) is 13.2 Å². The first kappa shape index (κ1) is 41.1. The van der Waals surface area contributed by atoms with Crippen LogP contribution in [0.1, 0.15) is 132 Å². The van der Waals surface area contributed by atoms with Crippen LogP contribution >= 0.6 is 0 Å². The van der Waals surface area contributed by atoms with E-state index in [0.717, 1.165) is 69.9 Å². The minimum absolute atomic E-state index is 0.0520. The van der Waals surface area contributed by atoms with Gasteiger partial charge in [0, 0.05) is 50.4 Å². The minimum Gasteiger partial charge on any atom is -0.490 e. The number of alkyl halides is 3. The zero-order valence-corrected chi connectivity index (χ0v) is 36.9. The molecule has 1 aromatic carbocycles. The van der Waals surface area contributed by atoms with Crippen LogP contribution in [0.2, 0.25) is 0 Å². The van der Waals surface area contributed by atoms with Crippen LogP contribution in [0.15, 0.2) is 24.3 Å². The number of benzene rings is 1. The molecule has 0 bridgehead atoms. The fraction of sp³-hybridized carbons (Fsp3) is 0.837. The summed E-state index contributed by atoms with van der Waals surface area (Å²) in [5.41, 5.74) is -2.31. The Hall–Kier alpha value is -2.29. The van der Waals surface area contributed by atoms with Crippen molar-refractivity contribution in [2.24, 2.45) is 86.8 Å². The molecular weight excluding hydrogens is 738 g/mol. The number of nitrogens with zero attached hydrogens (tertiary/aromatic N) is 2. The number of halogens is 3. The molecular formula is C49H71F3N2O4. The molecule has 0 spiro atoms. The Kier molecular flexibility index (Phi) is 9.29. The standard InChI is InChI=1S/C49H71F3N2O4/c1-26-22-37-44(5,19-17-39(55)53(37)9)32-16-20-46(7)35(41(26)32)24-29(4)48(46,57)36-25-40(56)54(10)38-23-27(2)42-33(47(36,38)8)15-18-45(6)34(42)21-28(3)43(45)58-31-13-11-30(12-14-31)49(50,51)52/h11-14,26-29,32-38,41-43,57H,15-25H2,1-10H3/t26?,27?,28?,29?,32-,33-,34+,35+,36?,37?,38?,41-,42-,43?,44-,45+,46+,47+,48?/m1/s1. The van der Waals surface area contributed by atoms with Crippen molar-refractivity contribution < 1.29 is 32.6 Å². The van der Waals surface area contributed by atoms with Crippen LogP contribution in [0.25, 0.3) is 0 Å². The topological polar surface area (TPSA) is 70.1 Å². The minimum atomic E-state index is -4.39. The highest BCUT2D eigenvalue weighted by atomic mass is 19.4. The molecule has 6 saturated carbocycles. The summed E-state index contributed by atoms with van der Waals surface area (Å²) in [6, 6.07) is 5.56. The Balaban J connectivity index is 1.05. The monoisotopic (exact) mass is 809 g/mol. The molecule has 6 aliphatic carbocycles. The van der Waals surface area contributed by atoms with Crippen molar-refractivity contribution in [3.8, 4) is 5.75 Å². The molecule has 2 heterocycles. The van der Waals surface area contributed by atoms with Crippen LogP contribution in [0.5, 0.6) is 5.75 Å². The molecule has 19 atom stereocenters. The molecule has 58 heavy (non-hydrogen) atoms. The zero-order chi connectivity index (χ0) is 41.9. The van der Waals surface area contributed by atoms with Crippen molar-refractivity contribution in [3.05, 3.63) is 29.8 Å². The Morgan fingerprint density at radius 3 is 1.97 bits per heavy atom. The number of likely N-dealkylation sites (tertiary alicyclic amines) is 2. The van der Waals surface area contributed by atoms with Crippen molar-refractivity contribution >= 4 is 11.8 Å². The number of fused-ring (bicyclic) bond motifs is 10. The van der Waals surface area contributed by atoms with Gasteiger partial charge in [0.2, 0.25) is 11.8 Å². The molecule has 9 rings (SSSR count). The van der Waals surface area contributed by atoms with E-state index in [0.29, 0.717) is 65.9 Å². The molecule has 8 aliphatic rings. The lowest BCUT2D eigenvalue weighted by Crippen LogP contribution is -2.72. The molecule has 0 aromatic heterocycles. The Bertz CT molecular complexity index is 1820. The molecule has 1 aromatic rings. The molecule has 6 nitrogen and oxygen atoms in total. The Labute approximate surface area is 345 Å². The molecule has 1 N–H and O–H groups in total. The van der Waals surface area contributed by atoms with Crippen molar-refractivity contribution in [2.45, 2.75) is 156 Å². The maximum absolute atomic E-state index is 14.3. The van der Waals surface area contributed by atoms with E-state index in [1.54, 1.807) is 0 Å². The van der Waals surface area contributed by atoms with Crippen LogP contribution in [0, 0.1) is 86.8 Å². The summed E-state index contributed by atoms with van der Waals surface area (Å²) in [4.78, 5) is 31.5. The van der Waals surface area contributed by atoms with E-state index in [2.05, 4.69) is 65.2 Å². The van der Waals surface area contributed by atoms with Crippen LogP contribution < -0.4 is 4.74 Å². The van der Waals surface area contributed by atoms with Crippen molar-refractivity contribution in [1.82, 2.24) is 9.80 Å². The van der Waals surface area contributed by atoms with Gasteiger partial charge in [-0.25, -0.2) is 0 Å². The van der Waals surface area contributed by atoms with E-state index < -0.39 is 17.3 Å². The number of amides is 2. The highest BCUT2D eigenvalue weighted by Gasteiger charge is 2.76. The number of hydrogen-bond acceptors (Lipinski definition) is 4. The van der Waals surface area contributed by atoms with Gasteiger partial charge >= 0.3 is 6.18 Å². The second-order valence-corrected chi connectivity index (χ2v) is 22.9. The third-order valence-corrected chi connectivity index (χ3v) is 20.9. The first-order valence-corrected chi connectivity index (χ1v) is 23.1. The van der Waals surface area contributed by atoms with Gasteiger partial charge in [-0.15, -0.1) is 0 Å². The molecule has 0 radical (unpaired) electrons. The molecule has 8 fully saturated rings. The number of rotatable bonds is 3. The molecule has 2 saturated heterocycles. The van der Waals surface area contributed by atoms with Crippen LogP contribution in [0.3, 0.4) is 0 Å². The van der Waals surface area contributed by atoms with E-state index in [-0.39, 0.29) is 69.4 Å². The Morgan fingerprint density at radius 2 is 1.31 bits per heavy atom. The van der Waals surface area contributed by atoms with Gasteiger partial charge in [0.15, 0.2) is 0 Å². The number of piperidine rings is 2. The SMILES string of the molecule is CC1C[C@H]2[C@@H]3C(C)CC4N(C)C(=O)CC(C5(O)C(C)C[C@H]6[C@@H]7C(C)CC8N(C)C(=O)CC[C@]8(C)[C@@H]7CC[C@@]65C)[C@]4(C)[C@@H]3CC[C@]2(C)C1Oc1ccc(C(F)(F)F)cc1. The number of hydrogen-bond donors (Lipinski definition) is 1. The van der Waals surface area contributed by atoms with Crippen molar-refractivity contribution in [2.75, 3.05) is 14.1 Å². The summed E-state index contributed by atoms with van der Waals surface area (Å²) in [6.07, 6.45) is 5.39. The summed E-state index contributed by atoms with van der Waals surface area (Å²) in [7, 11) is 4.05. The average molecular weight is 809 g/mol. The number of ether oxygens (including phenoxy) is 1. The van der Waals surface area contributed by atoms with Crippen LogP contribution in [-0.2, 0) is 15.8 Å². The van der Waals surface area contributed by atoms with Crippen LogP contribution in [-0.4, -0.2) is 64.6 Å². The van der Waals surface area contributed by atoms with Gasteiger partial charge in [-0.2, -0.15) is 13.2 Å². The fourth-order valence-electron chi connectivity index (χ4n) is 18.2. The average Bonchev–Trinajstić information content (AvgIpc) is 3.54. The fourth-order valence-corrected chi connectivity index (χ4v) is 18.2. The van der Waals surface area contributed by atoms with E-state index in [9.17, 15) is 27.9 Å². The number of aliphatic hydroxyl groups is 1. The molecule has 9 unspecified atom stereocenters. The van der Waals surface area contributed by atoms with Crippen molar-refractivity contribution in [3.63, 3.8) is 0 Å². The molecule has 2 aliphatic heterocycles. The summed E-state index contributed by atoms with van der Waals surface area (Å²) in [5.74, 6) is 4.42. The van der Waals surface area contributed by atoms with Gasteiger partial charge in [0.1, 0.15) is 11.9 Å². The molecule has 322 valence electrons. The van der Waals surface area contributed by atoms with Gasteiger partial charge in [0.05, 0.1) is 11.2 Å². The quantitative estimate of drug-likeness (QED) is 0.330. The lowest BCUT2D eigenvalue weighted by atomic mass is 9.38. The molecule has 2 amide bonds. The highest BCUT2D eigenvalue weighted by Crippen LogP contribution is 2.75. The third-order valence-electron chi connectivity index (χ3n) is 20.9. The smallest absolute Gasteiger partial charge is 0.416 e. The summed E-state index contributed by atoms with van der Waals surface area (Å²) >= 11 is 0. The summed E-state index contributed by atoms with van der Waals surface area (Å²) < 4.78 is 47.0. The zero-order valence-electron chi connectivity index (χ0n) is 36.9. The van der Waals surface area contributed by atoms with E-state index in [1.807, 2.05) is 14.1 Å². The first-order valence-electron chi connectivity index (χ1n) is 23.1. The van der Waals surface area contributed by atoms with Gasteiger partial charge in [-0.05, 0) is 157 Å². The predicted molar refractivity (Wildman–Crippen MR) is 218 cm³/mol. The van der Waals surface area contributed by atoms with E-state index in [4.69, 9.17) is 4.74 Å². The second kappa shape index (κ2) is 13.1. The van der Waals surface area contributed by atoms with Crippen molar-refractivity contribution in [1.29, 1.82) is 0 Å². The second-order valence-electron chi connectivity index (χ2n) is 22.9. The molecule has 9 heteroatoms. The van der Waals surface area contributed by atoms with Gasteiger partial charge in [-0.1, -0.05) is 55.4 Å². The Morgan fingerprint density at radius 1 is 0.707 bits per heavy atom. The maximum atomic E-state index is 14.3. The van der Waals surface area contributed by atoms with Gasteiger partial charge < -0.3 is 19.6 Å². The summed E-state index contributed by atoms with van der Waals surface area (Å²) in [6.45, 7) is 19.2. The lowest BCUT2D eigenvalue weighted by Gasteiger charge is -2.70.